The van der Waals surface area contributed by atoms with Crippen LogP contribution >= 0.6 is 27.3 Å². The highest BCUT2D eigenvalue weighted by molar-refractivity contribution is 9.10. The molecule has 1 N–H and O–H groups in total. The Morgan fingerprint density at radius 1 is 1.23 bits per heavy atom. The monoisotopic (exact) mass is 377 g/mol. The lowest BCUT2D eigenvalue weighted by Crippen LogP contribution is -2.12. The fourth-order valence-corrected chi connectivity index (χ4v) is 4.42. The topological polar surface area (TPSA) is 29.1 Å². The van der Waals surface area contributed by atoms with Crippen molar-refractivity contribution in [3.63, 3.8) is 0 Å². The standard InChI is InChI=1S/C18H20BrNOS/c1-12-7-8-15(19)10-16(12)20-18(21)14-9-17(22-11-14)13-5-3-2-4-6-13/h7-11,13H,2-6H2,1H3,(H,20,21). The SMILES string of the molecule is Cc1ccc(Br)cc1NC(=O)c1csc(C2CCCCC2)c1. The van der Waals surface area contributed by atoms with E-state index in [0.29, 0.717) is 5.92 Å². The van der Waals surface area contributed by atoms with Crippen LogP contribution in [0.1, 0.15) is 58.8 Å². The van der Waals surface area contributed by atoms with Gasteiger partial charge in [-0.05, 0) is 49.4 Å². The second-order valence-electron chi connectivity index (χ2n) is 5.99. The van der Waals surface area contributed by atoms with Crippen LogP contribution in [0.15, 0.2) is 34.1 Å². The first-order valence-electron chi connectivity index (χ1n) is 7.79. The predicted molar refractivity (Wildman–Crippen MR) is 97.0 cm³/mol. The van der Waals surface area contributed by atoms with Gasteiger partial charge in [-0.3, -0.25) is 4.79 Å². The van der Waals surface area contributed by atoms with Gasteiger partial charge in [0.2, 0.25) is 0 Å². The quantitative estimate of drug-likeness (QED) is 0.685. The Hall–Kier alpha value is -1.13. The average Bonchev–Trinajstić information content (AvgIpc) is 3.02. The fourth-order valence-electron chi connectivity index (χ4n) is 3.00. The molecule has 0 atom stereocenters. The Bertz CT molecular complexity index is 673. The van der Waals surface area contributed by atoms with E-state index in [1.807, 2.05) is 30.5 Å². The summed E-state index contributed by atoms with van der Waals surface area (Å²) in [5, 5.41) is 5.01. The maximum absolute atomic E-state index is 12.5. The van der Waals surface area contributed by atoms with E-state index in [4.69, 9.17) is 0 Å². The Kier molecular flexibility index (Phi) is 4.99. The molecule has 1 aliphatic carbocycles. The zero-order valence-corrected chi connectivity index (χ0v) is 15.1. The second kappa shape index (κ2) is 6.97. The molecule has 0 radical (unpaired) electrons. The second-order valence-corrected chi connectivity index (χ2v) is 7.84. The smallest absolute Gasteiger partial charge is 0.256 e. The lowest BCUT2D eigenvalue weighted by Gasteiger charge is -2.19. The summed E-state index contributed by atoms with van der Waals surface area (Å²) in [4.78, 5) is 13.8. The molecule has 0 spiro atoms. The van der Waals surface area contributed by atoms with Crippen LogP contribution in [0.4, 0.5) is 5.69 Å². The highest BCUT2D eigenvalue weighted by Gasteiger charge is 2.19. The molecule has 0 aliphatic heterocycles. The molecule has 1 saturated carbocycles. The summed E-state index contributed by atoms with van der Waals surface area (Å²) >= 11 is 5.18. The van der Waals surface area contributed by atoms with Crippen LogP contribution in [0.25, 0.3) is 0 Å². The summed E-state index contributed by atoms with van der Waals surface area (Å²) in [7, 11) is 0. The van der Waals surface area contributed by atoms with Gasteiger partial charge in [0.25, 0.3) is 5.91 Å². The molecule has 22 heavy (non-hydrogen) atoms. The van der Waals surface area contributed by atoms with Crippen LogP contribution in [-0.4, -0.2) is 5.91 Å². The van der Waals surface area contributed by atoms with Crippen molar-refractivity contribution in [1.82, 2.24) is 0 Å². The lowest BCUT2D eigenvalue weighted by molar-refractivity contribution is 0.102. The van der Waals surface area contributed by atoms with Gasteiger partial charge in [0, 0.05) is 20.4 Å². The van der Waals surface area contributed by atoms with Crippen molar-refractivity contribution < 1.29 is 4.79 Å². The van der Waals surface area contributed by atoms with Gasteiger partial charge in [0.1, 0.15) is 0 Å². The van der Waals surface area contributed by atoms with Crippen LogP contribution < -0.4 is 5.32 Å². The molecule has 1 fully saturated rings. The van der Waals surface area contributed by atoms with Crippen molar-refractivity contribution in [2.45, 2.75) is 44.9 Å². The van der Waals surface area contributed by atoms with Gasteiger partial charge >= 0.3 is 0 Å². The number of halogens is 1. The molecule has 2 aromatic rings. The van der Waals surface area contributed by atoms with Crippen LogP contribution in [0.3, 0.4) is 0 Å². The molecule has 4 heteroatoms. The Balaban J connectivity index is 1.72. The zero-order valence-electron chi connectivity index (χ0n) is 12.7. The maximum Gasteiger partial charge on any atom is 0.256 e. The maximum atomic E-state index is 12.5. The van der Waals surface area contributed by atoms with Gasteiger partial charge in [-0.15, -0.1) is 11.3 Å². The normalized spacial score (nSPS) is 15.7. The first-order valence-corrected chi connectivity index (χ1v) is 9.46. The van der Waals surface area contributed by atoms with E-state index in [9.17, 15) is 4.79 Å². The van der Waals surface area contributed by atoms with Crippen molar-refractivity contribution in [2.24, 2.45) is 0 Å². The van der Waals surface area contributed by atoms with Crippen LogP contribution in [0, 0.1) is 6.92 Å². The number of amides is 1. The van der Waals surface area contributed by atoms with E-state index in [-0.39, 0.29) is 5.91 Å². The summed E-state index contributed by atoms with van der Waals surface area (Å²) in [5.74, 6) is 0.646. The third-order valence-electron chi connectivity index (χ3n) is 4.34. The van der Waals surface area contributed by atoms with Crippen LogP contribution in [0.5, 0.6) is 0 Å². The highest BCUT2D eigenvalue weighted by Crippen LogP contribution is 2.36. The minimum Gasteiger partial charge on any atom is -0.322 e. The zero-order chi connectivity index (χ0) is 15.5. The third kappa shape index (κ3) is 3.61. The van der Waals surface area contributed by atoms with Crippen LogP contribution in [-0.2, 0) is 0 Å². The van der Waals surface area contributed by atoms with Crippen molar-refractivity contribution in [3.8, 4) is 0 Å². The molecule has 0 bridgehead atoms. The number of nitrogens with one attached hydrogen (secondary N) is 1. The van der Waals surface area contributed by atoms with Crippen molar-refractivity contribution in [2.75, 3.05) is 5.32 Å². The summed E-state index contributed by atoms with van der Waals surface area (Å²) < 4.78 is 0.974. The lowest BCUT2D eigenvalue weighted by atomic mass is 9.88. The Morgan fingerprint density at radius 3 is 2.77 bits per heavy atom. The van der Waals surface area contributed by atoms with Gasteiger partial charge in [0.05, 0.1) is 5.56 Å². The first kappa shape index (κ1) is 15.8. The molecule has 0 unspecified atom stereocenters. The van der Waals surface area contributed by atoms with Gasteiger partial charge in [-0.1, -0.05) is 41.3 Å². The Morgan fingerprint density at radius 2 is 2.00 bits per heavy atom. The number of carbonyl (C=O) groups excluding carboxylic acids is 1. The molecule has 1 aromatic carbocycles. The molecule has 1 aliphatic rings. The number of thiophene rings is 1. The minimum absolute atomic E-state index is 0.0143. The first-order chi connectivity index (χ1) is 10.6. The minimum atomic E-state index is -0.0143. The molecule has 116 valence electrons. The van der Waals surface area contributed by atoms with Gasteiger partial charge in [-0.25, -0.2) is 0 Å². The number of carbonyl (C=O) groups is 1. The summed E-state index contributed by atoms with van der Waals surface area (Å²) in [6.07, 6.45) is 6.54. The van der Waals surface area contributed by atoms with Gasteiger partial charge in [-0.2, -0.15) is 0 Å². The molecule has 1 aromatic heterocycles. The van der Waals surface area contributed by atoms with E-state index in [0.717, 1.165) is 21.3 Å². The van der Waals surface area contributed by atoms with Crippen molar-refractivity contribution >= 4 is 38.9 Å². The third-order valence-corrected chi connectivity index (χ3v) is 5.93. The summed E-state index contributed by atoms with van der Waals surface area (Å²) in [5.41, 5.74) is 2.72. The number of rotatable bonds is 3. The Labute approximate surface area is 144 Å². The average molecular weight is 378 g/mol. The number of aryl methyl sites for hydroxylation is 1. The number of hydrogen-bond acceptors (Lipinski definition) is 2. The number of anilines is 1. The molecular weight excluding hydrogens is 358 g/mol. The predicted octanol–water partition coefficient (Wildman–Crippen LogP) is 6.12. The molecule has 0 saturated heterocycles. The largest absolute Gasteiger partial charge is 0.322 e. The molecule has 2 nitrogen and oxygen atoms in total. The van der Waals surface area contributed by atoms with Gasteiger partial charge < -0.3 is 5.32 Å². The van der Waals surface area contributed by atoms with E-state index in [1.165, 1.54) is 37.0 Å². The highest BCUT2D eigenvalue weighted by atomic mass is 79.9. The van der Waals surface area contributed by atoms with E-state index in [1.54, 1.807) is 11.3 Å². The van der Waals surface area contributed by atoms with E-state index in [2.05, 4.69) is 27.3 Å². The molecule has 3 rings (SSSR count). The van der Waals surface area contributed by atoms with Crippen LogP contribution in [0.2, 0.25) is 0 Å². The number of hydrogen-bond donors (Lipinski definition) is 1. The summed E-state index contributed by atoms with van der Waals surface area (Å²) in [6.45, 7) is 2.00. The van der Waals surface area contributed by atoms with Crippen molar-refractivity contribution in [1.29, 1.82) is 0 Å². The molecule has 1 heterocycles. The van der Waals surface area contributed by atoms with E-state index >= 15 is 0 Å². The van der Waals surface area contributed by atoms with Crippen molar-refractivity contribution in [3.05, 3.63) is 50.1 Å². The summed E-state index contributed by atoms with van der Waals surface area (Å²) in [6, 6.07) is 8.02. The molecule has 1 amide bonds. The fraction of sp³-hybridized carbons (Fsp3) is 0.389. The van der Waals surface area contributed by atoms with E-state index < -0.39 is 0 Å². The number of benzene rings is 1. The van der Waals surface area contributed by atoms with Gasteiger partial charge in [0.15, 0.2) is 0 Å². The molecular formula is C18H20BrNOS.